The van der Waals surface area contributed by atoms with Gasteiger partial charge in [-0.3, -0.25) is 4.79 Å². The van der Waals surface area contributed by atoms with Crippen molar-refractivity contribution in [2.24, 2.45) is 11.8 Å². The molecule has 0 radical (unpaired) electrons. The summed E-state index contributed by atoms with van der Waals surface area (Å²) in [5, 5.41) is 16.8. The number of piperidine rings is 1. The van der Waals surface area contributed by atoms with Crippen molar-refractivity contribution < 1.29 is 14.1 Å². The van der Waals surface area contributed by atoms with Gasteiger partial charge in [-0.25, -0.2) is 0 Å². The standard InChI is InChI=1S/C29H40N6O3/c1-19(2)27-32-29(38-33-27)34-12-8-21(9-13-34)20(3)10-14-37-25-7-6-22-16-26(31-18-23(22)15-25)28(36)35-11-4-5-24(35)17-30/h6-7,15,19-21,24,26,31H,4-5,8-14,16,18H2,1-3H3/t20-,24+,26+/m1/s1. The highest BCUT2D eigenvalue weighted by atomic mass is 16.5. The molecule has 2 fully saturated rings. The summed E-state index contributed by atoms with van der Waals surface area (Å²) in [6.07, 6.45) is 5.61. The molecular formula is C29H40N6O3. The molecule has 4 heterocycles. The number of aromatic nitrogens is 2. The highest BCUT2D eigenvalue weighted by molar-refractivity contribution is 5.83. The quantitative estimate of drug-likeness (QED) is 0.556. The Hall–Kier alpha value is -3.12. The Morgan fingerprint density at radius 2 is 2.03 bits per heavy atom. The second kappa shape index (κ2) is 11.7. The third-order valence-electron chi connectivity index (χ3n) is 8.53. The number of carbonyl (C=O) groups excluding carboxylic acids is 1. The molecule has 1 aromatic heterocycles. The van der Waals surface area contributed by atoms with Gasteiger partial charge in [-0.05, 0) is 73.6 Å². The minimum atomic E-state index is -0.278. The van der Waals surface area contributed by atoms with Crippen LogP contribution in [0, 0.1) is 23.2 Å². The number of rotatable bonds is 8. The zero-order chi connectivity index (χ0) is 26.6. The predicted octanol–water partition coefficient (Wildman–Crippen LogP) is 4.04. The molecule has 0 aliphatic carbocycles. The van der Waals surface area contributed by atoms with Gasteiger partial charge >= 0.3 is 6.01 Å². The van der Waals surface area contributed by atoms with E-state index < -0.39 is 0 Å². The van der Waals surface area contributed by atoms with Crippen molar-refractivity contribution in [1.82, 2.24) is 20.4 Å². The van der Waals surface area contributed by atoms with E-state index in [2.05, 4.69) is 59.3 Å². The summed E-state index contributed by atoms with van der Waals surface area (Å²) in [7, 11) is 0. The van der Waals surface area contributed by atoms with Crippen molar-refractivity contribution in [1.29, 1.82) is 5.26 Å². The molecule has 2 aromatic rings. The molecule has 0 saturated carbocycles. The fraction of sp³-hybridized carbons (Fsp3) is 0.655. The lowest BCUT2D eigenvalue weighted by Gasteiger charge is -2.33. The van der Waals surface area contributed by atoms with Gasteiger partial charge in [0.25, 0.3) is 0 Å². The molecular weight excluding hydrogens is 480 g/mol. The van der Waals surface area contributed by atoms with Gasteiger partial charge in [-0.15, -0.1) is 0 Å². The van der Waals surface area contributed by atoms with Gasteiger partial charge < -0.3 is 24.4 Å². The maximum absolute atomic E-state index is 13.0. The number of ether oxygens (including phenoxy) is 1. The zero-order valence-corrected chi connectivity index (χ0v) is 22.9. The van der Waals surface area contributed by atoms with Crippen LogP contribution < -0.4 is 15.0 Å². The summed E-state index contributed by atoms with van der Waals surface area (Å²) in [6.45, 7) is 10.4. The third kappa shape index (κ3) is 5.80. The van der Waals surface area contributed by atoms with Gasteiger partial charge in [0.15, 0.2) is 5.82 Å². The lowest BCUT2D eigenvalue weighted by molar-refractivity contribution is -0.133. The van der Waals surface area contributed by atoms with Gasteiger partial charge in [-0.1, -0.05) is 32.0 Å². The first-order chi connectivity index (χ1) is 18.4. The van der Waals surface area contributed by atoms with Crippen molar-refractivity contribution in [3.05, 3.63) is 35.2 Å². The number of hydrogen-bond acceptors (Lipinski definition) is 8. The molecule has 38 heavy (non-hydrogen) atoms. The number of fused-ring (bicyclic) bond motifs is 1. The highest BCUT2D eigenvalue weighted by Gasteiger charge is 2.34. The molecule has 9 nitrogen and oxygen atoms in total. The lowest BCUT2D eigenvalue weighted by atomic mass is 9.84. The van der Waals surface area contributed by atoms with Crippen molar-refractivity contribution in [3.8, 4) is 11.8 Å². The van der Waals surface area contributed by atoms with E-state index in [0.29, 0.717) is 44.0 Å². The smallest absolute Gasteiger partial charge is 0.324 e. The Labute approximate surface area is 225 Å². The Morgan fingerprint density at radius 3 is 2.76 bits per heavy atom. The molecule has 204 valence electrons. The van der Waals surface area contributed by atoms with E-state index in [9.17, 15) is 10.1 Å². The fourth-order valence-electron chi connectivity index (χ4n) is 5.97. The Morgan fingerprint density at radius 1 is 1.21 bits per heavy atom. The van der Waals surface area contributed by atoms with Crippen LogP contribution >= 0.6 is 0 Å². The average molecular weight is 521 g/mol. The normalized spacial score (nSPS) is 22.8. The molecule has 3 atom stereocenters. The van der Waals surface area contributed by atoms with Crippen LogP contribution in [0.1, 0.15) is 75.7 Å². The maximum Gasteiger partial charge on any atom is 0.324 e. The van der Waals surface area contributed by atoms with Gasteiger partial charge in [0, 0.05) is 32.1 Å². The molecule has 0 bridgehead atoms. The Kier molecular flexibility index (Phi) is 8.18. The molecule has 3 aliphatic rings. The van der Waals surface area contributed by atoms with E-state index in [0.717, 1.165) is 56.8 Å². The van der Waals surface area contributed by atoms with E-state index in [-0.39, 0.29) is 23.9 Å². The van der Waals surface area contributed by atoms with Gasteiger partial charge in [0.2, 0.25) is 5.91 Å². The maximum atomic E-state index is 13.0. The minimum Gasteiger partial charge on any atom is -0.494 e. The van der Waals surface area contributed by atoms with Crippen LogP contribution in [0.4, 0.5) is 6.01 Å². The van der Waals surface area contributed by atoms with Gasteiger partial charge in [0.05, 0.1) is 18.7 Å². The molecule has 0 unspecified atom stereocenters. The van der Waals surface area contributed by atoms with Crippen LogP contribution in [0.2, 0.25) is 0 Å². The van der Waals surface area contributed by atoms with Crippen molar-refractivity contribution in [2.75, 3.05) is 31.1 Å². The van der Waals surface area contributed by atoms with Crippen LogP contribution in [0.3, 0.4) is 0 Å². The molecule has 1 aromatic carbocycles. The van der Waals surface area contributed by atoms with Crippen molar-refractivity contribution in [2.45, 2.75) is 83.8 Å². The summed E-state index contributed by atoms with van der Waals surface area (Å²) in [5.41, 5.74) is 2.37. The summed E-state index contributed by atoms with van der Waals surface area (Å²) in [6, 6.07) is 8.62. The second-order valence-electron chi connectivity index (χ2n) is 11.4. The SMILES string of the molecule is CC(C)c1noc(N2CCC([C@H](C)CCOc3ccc4c(c3)CN[C@H](C(=O)N3CCC[C@H]3C#N)C4)CC2)n1. The summed E-state index contributed by atoms with van der Waals surface area (Å²) < 4.78 is 11.6. The minimum absolute atomic E-state index is 0.0530. The number of hydrogen-bond donors (Lipinski definition) is 1. The second-order valence-corrected chi connectivity index (χ2v) is 11.4. The Balaban J connectivity index is 1.06. The molecule has 3 aliphatic heterocycles. The first-order valence-electron chi connectivity index (χ1n) is 14.2. The van der Waals surface area contributed by atoms with Crippen LogP contribution in [0.5, 0.6) is 5.75 Å². The van der Waals surface area contributed by atoms with Crippen molar-refractivity contribution >= 4 is 11.9 Å². The number of nitrogens with zero attached hydrogens (tertiary/aromatic N) is 5. The molecule has 5 rings (SSSR count). The number of benzene rings is 1. The van der Waals surface area contributed by atoms with Crippen LogP contribution in [-0.4, -0.2) is 59.3 Å². The average Bonchev–Trinajstić information content (AvgIpc) is 3.63. The lowest BCUT2D eigenvalue weighted by Crippen LogP contribution is -2.50. The Bertz CT molecular complexity index is 1150. The number of likely N-dealkylation sites (tertiary alicyclic amines) is 1. The van der Waals surface area contributed by atoms with Crippen LogP contribution in [-0.2, 0) is 17.8 Å². The van der Waals surface area contributed by atoms with Crippen LogP contribution in [0.25, 0.3) is 0 Å². The molecule has 0 spiro atoms. The molecule has 1 amide bonds. The highest BCUT2D eigenvalue weighted by Crippen LogP contribution is 2.30. The number of nitrogens with one attached hydrogen (secondary N) is 1. The van der Waals surface area contributed by atoms with E-state index in [1.807, 2.05) is 6.07 Å². The summed E-state index contributed by atoms with van der Waals surface area (Å²) in [4.78, 5) is 21.5. The number of amides is 1. The first kappa shape index (κ1) is 26.5. The van der Waals surface area contributed by atoms with E-state index in [1.165, 1.54) is 11.1 Å². The predicted molar refractivity (Wildman–Crippen MR) is 144 cm³/mol. The van der Waals surface area contributed by atoms with E-state index >= 15 is 0 Å². The van der Waals surface area contributed by atoms with Gasteiger partial charge in [0.1, 0.15) is 11.8 Å². The number of nitriles is 1. The number of anilines is 1. The van der Waals surface area contributed by atoms with Crippen LogP contribution in [0.15, 0.2) is 22.7 Å². The molecule has 2 saturated heterocycles. The third-order valence-corrected chi connectivity index (χ3v) is 8.53. The largest absolute Gasteiger partial charge is 0.494 e. The van der Waals surface area contributed by atoms with Crippen molar-refractivity contribution in [3.63, 3.8) is 0 Å². The van der Waals surface area contributed by atoms with E-state index in [4.69, 9.17) is 9.26 Å². The fourth-order valence-corrected chi connectivity index (χ4v) is 5.97. The molecule has 9 heteroatoms. The first-order valence-corrected chi connectivity index (χ1v) is 14.2. The van der Waals surface area contributed by atoms with E-state index in [1.54, 1.807) is 4.90 Å². The topological polar surface area (TPSA) is 108 Å². The summed E-state index contributed by atoms with van der Waals surface area (Å²) >= 11 is 0. The molecule has 1 N–H and O–H groups in total. The zero-order valence-electron chi connectivity index (χ0n) is 22.9. The van der Waals surface area contributed by atoms with Gasteiger partial charge in [-0.2, -0.15) is 10.2 Å². The number of carbonyl (C=O) groups is 1. The summed E-state index contributed by atoms with van der Waals surface area (Å²) in [5.74, 6) is 3.24. The monoisotopic (exact) mass is 520 g/mol.